The molecule has 1 aromatic carbocycles. The monoisotopic (exact) mass is 363 g/mol. The van der Waals surface area contributed by atoms with Crippen molar-refractivity contribution in [2.45, 2.75) is 51.9 Å². The molecule has 0 radical (unpaired) electrons. The highest BCUT2D eigenvalue weighted by molar-refractivity contribution is 5.75. The van der Waals surface area contributed by atoms with Gasteiger partial charge in [0.25, 0.3) is 0 Å². The lowest BCUT2D eigenvalue weighted by Crippen LogP contribution is -2.25. The van der Waals surface area contributed by atoms with Crippen molar-refractivity contribution in [2.24, 2.45) is 11.8 Å². The molecule has 1 aliphatic carbocycles. The molecular formula is C24H29NO2. The molecule has 3 nitrogen and oxygen atoms in total. The summed E-state index contributed by atoms with van der Waals surface area (Å²) in [5, 5.41) is 0. The van der Waals surface area contributed by atoms with Crippen LogP contribution in [0.2, 0.25) is 0 Å². The summed E-state index contributed by atoms with van der Waals surface area (Å²) in [7, 11) is 0. The van der Waals surface area contributed by atoms with Gasteiger partial charge in [-0.1, -0.05) is 50.5 Å². The van der Waals surface area contributed by atoms with Crippen molar-refractivity contribution in [1.82, 2.24) is 4.98 Å². The first kappa shape index (κ1) is 19.3. The lowest BCUT2D eigenvalue weighted by molar-refractivity contribution is -0.140. The molecule has 0 aliphatic heterocycles. The van der Waals surface area contributed by atoms with E-state index in [2.05, 4.69) is 11.9 Å². The van der Waals surface area contributed by atoms with E-state index in [1.165, 1.54) is 32.1 Å². The minimum Gasteiger partial charge on any atom is -0.426 e. The number of carbonyl (C=O) groups is 1. The van der Waals surface area contributed by atoms with E-state index < -0.39 is 0 Å². The maximum atomic E-state index is 12.4. The second kappa shape index (κ2) is 10.1. The van der Waals surface area contributed by atoms with Crippen LogP contribution in [-0.4, -0.2) is 11.0 Å². The van der Waals surface area contributed by atoms with Gasteiger partial charge in [0, 0.05) is 12.4 Å². The van der Waals surface area contributed by atoms with Gasteiger partial charge in [-0.05, 0) is 67.0 Å². The number of aromatic nitrogens is 1. The molecular weight excluding hydrogens is 334 g/mol. The molecule has 0 spiro atoms. The highest BCUT2D eigenvalue weighted by Gasteiger charge is 2.27. The Hall–Kier alpha value is -2.42. The molecule has 0 amide bonds. The zero-order chi connectivity index (χ0) is 18.9. The van der Waals surface area contributed by atoms with Crippen molar-refractivity contribution in [3.8, 4) is 5.75 Å². The normalized spacial score (nSPS) is 19.9. The van der Waals surface area contributed by atoms with Gasteiger partial charge >= 0.3 is 5.97 Å². The van der Waals surface area contributed by atoms with Crippen molar-refractivity contribution >= 4 is 18.1 Å². The third-order valence-corrected chi connectivity index (χ3v) is 5.42. The average molecular weight is 364 g/mol. The summed E-state index contributed by atoms with van der Waals surface area (Å²) in [6, 6.07) is 11.6. The van der Waals surface area contributed by atoms with Gasteiger partial charge in [0.2, 0.25) is 0 Å². The van der Waals surface area contributed by atoms with E-state index in [0.29, 0.717) is 5.75 Å². The minimum absolute atomic E-state index is 0.0640. The van der Waals surface area contributed by atoms with Gasteiger partial charge in [-0.15, -0.1) is 0 Å². The predicted octanol–water partition coefficient (Wildman–Crippen LogP) is 6.15. The summed E-state index contributed by atoms with van der Waals surface area (Å²) in [4.78, 5) is 16.5. The zero-order valence-corrected chi connectivity index (χ0v) is 16.1. The van der Waals surface area contributed by atoms with Gasteiger partial charge in [-0.2, -0.15) is 0 Å². The summed E-state index contributed by atoms with van der Waals surface area (Å²) >= 11 is 0. The van der Waals surface area contributed by atoms with Crippen LogP contribution in [0.25, 0.3) is 12.2 Å². The Morgan fingerprint density at radius 3 is 2.26 bits per heavy atom. The Bertz CT molecular complexity index is 729. The smallest absolute Gasteiger partial charge is 0.314 e. The molecule has 0 unspecified atom stereocenters. The average Bonchev–Trinajstić information content (AvgIpc) is 2.73. The molecule has 1 aliphatic rings. The lowest BCUT2D eigenvalue weighted by atomic mass is 9.80. The number of benzene rings is 1. The SMILES string of the molecule is CCCCC1CCC(C(=O)Oc2ccc(/C=C/c3ccncc3)cc2)CC1. The van der Waals surface area contributed by atoms with Crippen LogP contribution in [0.1, 0.15) is 63.0 Å². The molecule has 0 N–H and O–H groups in total. The quantitative estimate of drug-likeness (QED) is 0.437. The van der Waals surface area contributed by atoms with Crippen LogP contribution in [0.15, 0.2) is 48.8 Å². The highest BCUT2D eigenvalue weighted by Crippen LogP contribution is 2.32. The number of nitrogens with zero attached hydrogens (tertiary/aromatic N) is 1. The molecule has 0 atom stereocenters. The van der Waals surface area contributed by atoms with E-state index in [9.17, 15) is 4.79 Å². The number of pyridine rings is 1. The molecule has 1 heterocycles. The molecule has 0 saturated heterocycles. The Balaban J connectivity index is 1.48. The van der Waals surface area contributed by atoms with Gasteiger partial charge in [-0.3, -0.25) is 9.78 Å². The first-order valence-corrected chi connectivity index (χ1v) is 10.1. The number of ether oxygens (including phenoxy) is 1. The van der Waals surface area contributed by atoms with Crippen LogP contribution in [0.3, 0.4) is 0 Å². The fourth-order valence-corrected chi connectivity index (χ4v) is 3.69. The maximum Gasteiger partial charge on any atom is 0.314 e. The van der Waals surface area contributed by atoms with E-state index in [1.807, 2.05) is 48.6 Å². The molecule has 142 valence electrons. The lowest BCUT2D eigenvalue weighted by Gasteiger charge is -2.27. The van der Waals surface area contributed by atoms with Gasteiger partial charge < -0.3 is 4.74 Å². The molecule has 3 rings (SSSR count). The summed E-state index contributed by atoms with van der Waals surface area (Å²) in [5.74, 6) is 1.44. The Labute approximate surface area is 162 Å². The third kappa shape index (κ3) is 6.06. The Morgan fingerprint density at radius 1 is 1.00 bits per heavy atom. The predicted molar refractivity (Wildman–Crippen MR) is 110 cm³/mol. The summed E-state index contributed by atoms with van der Waals surface area (Å²) in [5.41, 5.74) is 2.18. The molecule has 2 aromatic rings. The number of hydrogen-bond acceptors (Lipinski definition) is 3. The van der Waals surface area contributed by atoms with Crippen molar-refractivity contribution in [3.63, 3.8) is 0 Å². The van der Waals surface area contributed by atoms with E-state index in [-0.39, 0.29) is 11.9 Å². The Morgan fingerprint density at radius 2 is 1.63 bits per heavy atom. The van der Waals surface area contributed by atoms with Crippen LogP contribution in [0.5, 0.6) is 5.75 Å². The Kier molecular flexibility index (Phi) is 7.20. The molecule has 3 heteroatoms. The second-order valence-corrected chi connectivity index (χ2v) is 7.46. The van der Waals surface area contributed by atoms with Crippen molar-refractivity contribution in [3.05, 3.63) is 59.9 Å². The van der Waals surface area contributed by atoms with Gasteiger partial charge in [0.05, 0.1) is 5.92 Å². The third-order valence-electron chi connectivity index (χ3n) is 5.42. The van der Waals surface area contributed by atoms with Crippen LogP contribution in [0, 0.1) is 11.8 Å². The first-order valence-electron chi connectivity index (χ1n) is 10.1. The van der Waals surface area contributed by atoms with Crippen LogP contribution in [0.4, 0.5) is 0 Å². The van der Waals surface area contributed by atoms with Crippen LogP contribution < -0.4 is 4.74 Å². The van der Waals surface area contributed by atoms with E-state index >= 15 is 0 Å². The van der Waals surface area contributed by atoms with Crippen molar-refractivity contribution in [1.29, 1.82) is 0 Å². The summed E-state index contributed by atoms with van der Waals surface area (Å²) < 4.78 is 5.62. The van der Waals surface area contributed by atoms with E-state index in [4.69, 9.17) is 4.74 Å². The molecule has 1 aromatic heterocycles. The number of unbranched alkanes of at least 4 members (excludes halogenated alkanes) is 1. The summed E-state index contributed by atoms with van der Waals surface area (Å²) in [6.07, 6.45) is 15.8. The number of rotatable bonds is 7. The van der Waals surface area contributed by atoms with Gasteiger partial charge in [0.1, 0.15) is 5.75 Å². The highest BCUT2D eigenvalue weighted by atomic mass is 16.5. The second-order valence-electron chi connectivity index (χ2n) is 7.46. The van der Waals surface area contributed by atoms with Gasteiger partial charge in [-0.25, -0.2) is 0 Å². The van der Waals surface area contributed by atoms with E-state index in [1.54, 1.807) is 12.4 Å². The topological polar surface area (TPSA) is 39.2 Å². The van der Waals surface area contributed by atoms with Crippen LogP contribution in [-0.2, 0) is 4.79 Å². The number of carbonyl (C=O) groups excluding carboxylic acids is 1. The first-order chi connectivity index (χ1) is 13.2. The number of esters is 1. The van der Waals surface area contributed by atoms with Crippen molar-refractivity contribution < 1.29 is 9.53 Å². The minimum atomic E-state index is -0.0657. The standard InChI is InChI=1S/C24H29NO2/c1-2-3-4-19-7-11-22(12-8-19)24(26)27-23-13-9-20(10-14-23)5-6-21-15-17-25-18-16-21/h5-6,9-10,13-19,22H,2-4,7-8,11-12H2,1H3/b6-5+. The molecule has 1 saturated carbocycles. The van der Waals surface area contributed by atoms with Crippen LogP contribution >= 0.6 is 0 Å². The van der Waals surface area contributed by atoms with E-state index in [0.717, 1.165) is 29.9 Å². The van der Waals surface area contributed by atoms with Crippen molar-refractivity contribution in [2.75, 3.05) is 0 Å². The fourth-order valence-electron chi connectivity index (χ4n) is 3.69. The molecule has 0 bridgehead atoms. The van der Waals surface area contributed by atoms with Gasteiger partial charge in [0.15, 0.2) is 0 Å². The maximum absolute atomic E-state index is 12.4. The largest absolute Gasteiger partial charge is 0.426 e. The molecule has 1 fully saturated rings. The fraction of sp³-hybridized carbons (Fsp3) is 0.417. The molecule has 27 heavy (non-hydrogen) atoms. The number of hydrogen-bond donors (Lipinski definition) is 0. The summed E-state index contributed by atoms with van der Waals surface area (Å²) in [6.45, 7) is 2.24. The zero-order valence-electron chi connectivity index (χ0n) is 16.1.